The van der Waals surface area contributed by atoms with E-state index < -0.39 is 35.8 Å². The second-order valence-corrected chi connectivity index (χ2v) is 13.7. The first kappa shape index (κ1) is 32.5. The molecular formula is C34H48N4O5. The van der Waals surface area contributed by atoms with Crippen molar-refractivity contribution < 1.29 is 23.9 Å². The first-order valence-electron chi connectivity index (χ1n) is 15.5. The highest BCUT2D eigenvalue weighted by Gasteiger charge is 2.45. The lowest BCUT2D eigenvalue weighted by molar-refractivity contribution is -0.138. The highest BCUT2D eigenvalue weighted by atomic mass is 16.6. The van der Waals surface area contributed by atoms with E-state index in [0.29, 0.717) is 11.3 Å². The Morgan fingerprint density at radius 1 is 1.02 bits per heavy atom. The van der Waals surface area contributed by atoms with Crippen molar-refractivity contribution in [2.24, 2.45) is 0 Å². The molecule has 2 heterocycles. The monoisotopic (exact) mass is 592 g/mol. The molecule has 9 nitrogen and oxygen atoms in total. The van der Waals surface area contributed by atoms with Crippen molar-refractivity contribution in [3.05, 3.63) is 59.9 Å². The zero-order valence-electron chi connectivity index (χ0n) is 26.8. The lowest BCUT2D eigenvalue weighted by atomic mass is 9.87. The highest BCUT2D eigenvalue weighted by Crippen LogP contribution is 2.34. The number of nitrogens with one attached hydrogen (secondary N) is 1. The molecule has 1 N–H and O–H groups in total. The standard InChI is InChI=1S/C34H48N4O5/c1-23-28(37(20-21-42-23)32(41)43-34(5,6)7)31(40)38(27-17-15-25(16-18-27)33(2,3)4)29(24-12-11-19-35-22-24)30(39)36-26-13-9-8-10-14-26/h11-12,15-19,22-23,26,28-29H,8-10,13-14,20-21H2,1-7H3,(H,36,39)/t23-,28+,29?/m0/s1. The third-order valence-electron chi connectivity index (χ3n) is 8.08. The molecule has 1 saturated heterocycles. The topological polar surface area (TPSA) is 101 Å². The van der Waals surface area contributed by atoms with Crippen LogP contribution in [0.25, 0.3) is 0 Å². The SMILES string of the molecule is C[C@@H]1OCCN(C(=O)OC(C)(C)C)[C@H]1C(=O)N(c1ccc(C(C)(C)C)cc1)C(C(=O)NC1CCCCC1)c1cccnc1. The predicted molar refractivity (Wildman–Crippen MR) is 167 cm³/mol. The first-order valence-corrected chi connectivity index (χ1v) is 15.5. The minimum absolute atomic E-state index is 0.0378. The second-order valence-electron chi connectivity index (χ2n) is 13.7. The van der Waals surface area contributed by atoms with Crippen molar-refractivity contribution in [1.82, 2.24) is 15.2 Å². The van der Waals surface area contributed by atoms with Gasteiger partial charge in [0.25, 0.3) is 5.91 Å². The minimum atomic E-state index is -1.02. The van der Waals surface area contributed by atoms with E-state index in [0.717, 1.165) is 37.7 Å². The smallest absolute Gasteiger partial charge is 0.411 e. The summed E-state index contributed by atoms with van der Waals surface area (Å²) in [7, 11) is 0. The quantitative estimate of drug-likeness (QED) is 0.447. The zero-order chi connectivity index (χ0) is 31.4. The average Bonchev–Trinajstić information content (AvgIpc) is 2.95. The molecule has 1 unspecified atom stereocenters. The molecular weight excluding hydrogens is 544 g/mol. The molecule has 0 spiro atoms. The molecule has 4 rings (SSSR count). The van der Waals surface area contributed by atoms with Crippen LogP contribution in [0.4, 0.5) is 10.5 Å². The van der Waals surface area contributed by atoms with E-state index in [4.69, 9.17) is 9.47 Å². The molecule has 43 heavy (non-hydrogen) atoms. The first-order chi connectivity index (χ1) is 20.3. The van der Waals surface area contributed by atoms with Crippen LogP contribution >= 0.6 is 0 Å². The van der Waals surface area contributed by atoms with Crippen molar-refractivity contribution in [3.63, 3.8) is 0 Å². The molecule has 3 amide bonds. The van der Waals surface area contributed by atoms with E-state index in [9.17, 15) is 14.4 Å². The molecule has 2 aromatic rings. The molecule has 1 aromatic carbocycles. The summed E-state index contributed by atoms with van der Waals surface area (Å²) >= 11 is 0. The van der Waals surface area contributed by atoms with Crippen LogP contribution in [0.1, 0.15) is 97.7 Å². The van der Waals surface area contributed by atoms with Gasteiger partial charge in [-0.3, -0.25) is 24.4 Å². The molecule has 9 heteroatoms. The number of nitrogens with zero attached hydrogens (tertiary/aromatic N) is 3. The fourth-order valence-corrected chi connectivity index (χ4v) is 5.83. The van der Waals surface area contributed by atoms with Crippen molar-refractivity contribution in [2.75, 3.05) is 18.1 Å². The maximum Gasteiger partial charge on any atom is 0.411 e. The number of morpholine rings is 1. The van der Waals surface area contributed by atoms with Gasteiger partial charge in [0, 0.05) is 36.2 Å². The number of amides is 3. The van der Waals surface area contributed by atoms with Crippen LogP contribution in [0.3, 0.4) is 0 Å². The van der Waals surface area contributed by atoms with Crippen LogP contribution in [-0.4, -0.2) is 64.7 Å². The Kier molecular flexibility index (Phi) is 10.2. The molecule has 2 fully saturated rings. The fraction of sp³-hybridized carbons (Fsp3) is 0.588. The number of carbonyl (C=O) groups is 3. The van der Waals surface area contributed by atoms with Crippen LogP contribution < -0.4 is 10.2 Å². The Bertz CT molecular complexity index is 1250. The van der Waals surface area contributed by atoms with Gasteiger partial charge in [0.15, 0.2) is 0 Å². The van der Waals surface area contributed by atoms with Gasteiger partial charge in [-0.05, 0) is 69.7 Å². The number of ether oxygens (including phenoxy) is 2. The summed E-state index contributed by atoms with van der Waals surface area (Å²) in [5.74, 6) is -0.699. The maximum absolute atomic E-state index is 14.9. The summed E-state index contributed by atoms with van der Waals surface area (Å²) in [6.07, 6.45) is 7.13. The zero-order valence-corrected chi connectivity index (χ0v) is 26.8. The lowest BCUT2D eigenvalue weighted by Crippen LogP contribution is -2.62. The molecule has 1 aliphatic carbocycles. The Balaban J connectivity index is 1.82. The average molecular weight is 593 g/mol. The van der Waals surface area contributed by atoms with Crippen LogP contribution in [0.5, 0.6) is 0 Å². The Hall–Kier alpha value is -3.46. The lowest BCUT2D eigenvalue weighted by Gasteiger charge is -2.43. The number of anilines is 1. The Labute approximate surface area is 256 Å². The summed E-state index contributed by atoms with van der Waals surface area (Å²) in [4.78, 5) is 49.8. The van der Waals surface area contributed by atoms with E-state index in [1.807, 2.05) is 30.3 Å². The molecule has 1 saturated carbocycles. The van der Waals surface area contributed by atoms with Gasteiger partial charge in [-0.15, -0.1) is 0 Å². The Morgan fingerprint density at radius 2 is 1.70 bits per heavy atom. The van der Waals surface area contributed by atoms with E-state index in [1.54, 1.807) is 46.2 Å². The number of pyridine rings is 1. The summed E-state index contributed by atoms with van der Waals surface area (Å²) in [6, 6.07) is 9.32. The highest BCUT2D eigenvalue weighted by molar-refractivity contribution is 6.05. The summed E-state index contributed by atoms with van der Waals surface area (Å²) in [5.41, 5.74) is 1.38. The third-order valence-corrected chi connectivity index (χ3v) is 8.08. The predicted octanol–water partition coefficient (Wildman–Crippen LogP) is 5.93. The van der Waals surface area contributed by atoms with Crippen molar-refractivity contribution in [3.8, 4) is 0 Å². The van der Waals surface area contributed by atoms with Gasteiger partial charge in [0.05, 0.1) is 12.7 Å². The van der Waals surface area contributed by atoms with Gasteiger partial charge in [0.2, 0.25) is 5.91 Å². The van der Waals surface area contributed by atoms with Gasteiger partial charge >= 0.3 is 6.09 Å². The van der Waals surface area contributed by atoms with Crippen LogP contribution in [-0.2, 0) is 24.5 Å². The van der Waals surface area contributed by atoms with Gasteiger partial charge in [-0.2, -0.15) is 0 Å². The maximum atomic E-state index is 14.9. The minimum Gasteiger partial charge on any atom is -0.444 e. The van der Waals surface area contributed by atoms with Crippen molar-refractivity contribution in [1.29, 1.82) is 0 Å². The number of benzene rings is 1. The third kappa shape index (κ3) is 8.13. The molecule has 3 atom stereocenters. The number of hydrogen-bond acceptors (Lipinski definition) is 6. The normalized spacial score (nSPS) is 20.7. The molecule has 1 aliphatic heterocycles. The largest absolute Gasteiger partial charge is 0.444 e. The number of aromatic nitrogens is 1. The summed E-state index contributed by atoms with van der Waals surface area (Å²) < 4.78 is 11.6. The summed E-state index contributed by atoms with van der Waals surface area (Å²) in [6.45, 7) is 14.0. The molecule has 1 aromatic heterocycles. The summed E-state index contributed by atoms with van der Waals surface area (Å²) in [5, 5.41) is 3.24. The Morgan fingerprint density at radius 3 is 2.28 bits per heavy atom. The molecule has 234 valence electrons. The van der Waals surface area contributed by atoms with Crippen LogP contribution in [0, 0.1) is 0 Å². The van der Waals surface area contributed by atoms with Crippen molar-refractivity contribution >= 4 is 23.6 Å². The van der Waals surface area contributed by atoms with E-state index in [2.05, 4.69) is 31.1 Å². The molecule has 0 radical (unpaired) electrons. The van der Waals surface area contributed by atoms with Gasteiger partial charge in [0.1, 0.15) is 17.7 Å². The van der Waals surface area contributed by atoms with E-state index in [-0.39, 0.29) is 30.5 Å². The van der Waals surface area contributed by atoms with Crippen LogP contribution in [0.15, 0.2) is 48.8 Å². The number of carbonyl (C=O) groups excluding carboxylic acids is 3. The fourth-order valence-electron chi connectivity index (χ4n) is 5.83. The van der Waals surface area contributed by atoms with Gasteiger partial charge in [-0.25, -0.2) is 4.79 Å². The van der Waals surface area contributed by atoms with Crippen LogP contribution in [0.2, 0.25) is 0 Å². The van der Waals surface area contributed by atoms with Gasteiger partial charge in [-0.1, -0.05) is 58.2 Å². The van der Waals surface area contributed by atoms with E-state index in [1.165, 1.54) is 9.80 Å². The van der Waals surface area contributed by atoms with Crippen molar-refractivity contribution in [2.45, 2.75) is 116 Å². The number of rotatable bonds is 6. The van der Waals surface area contributed by atoms with Gasteiger partial charge < -0.3 is 14.8 Å². The second kappa shape index (κ2) is 13.5. The molecule has 0 bridgehead atoms. The van der Waals surface area contributed by atoms with E-state index >= 15 is 0 Å². The molecule has 2 aliphatic rings. The number of hydrogen-bond donors (Lipinski definition) is 1.